The van der Waals surface area contributed by atoms with Crippen LogP contribution in [0.15, 0.2) is 48.5 Å². The normalized spacial score (nSPS) is 17.6. The van der Waals surface area contributed by atoms with Crippen LogP contribution in [0.1, 0.15) is 37.9 Å². The van der Waals surface area contributed by atoms with Crippen molar-refractivity contribution in [3.05, 3.63) is 70.8 Å². The summed E-state index contributed by atoms with van der Waals surface area (Å²) in [6, 6.07) is 10.7. The van der Waals surface area contributed by atoms with Crippen molar-refractivity contribution in [3.8, 4) is 0 Å². The lowest BCUT2D eigenvalue weighted by molar-refractivity contribution is -0.140. The van der Waals surface area contributed by atoms with E-state index in [2.05, 4.69) is 0 Å². The fourth-order valence-electron chi connectivity index (χ4n) is 3.03. The van der Waals surface area contributed by atoms with Crippen molar-refractivity contribution < 1.29 is 32.6 Å². The Balaban J connectivity index is 1.84. The van der Waals surface area contributed by atoms with E-state index in [0.717, 1.165) is 6.07 Å². The van der Waals surface area contributed by atoms with Crippen molar-refractivity contribution in [2.75, 3.05) is 19.7 Å². The Kier molecular flexibility index (Phi) is 5.18. The Labute approximate surface area is 153 Å². The zero-order valence-electron chi connectivity index (χ0n) is 14.1. The van der Waals surface area contributed by atoms with Gasteiger partial charge in [-0.05, 0) is 29.8 Å². The molecule has 142 valence electrons. The van der Waals surface area contributed by atoms with E-state index in [1.54, 1.807) is 0 Å². The predicted molar refractivity (Wildman–Crippen MR) is 89.4 cm³/mol. The van der Waals surface area contributed by atoms with Crippen LogP contribution in [-0.2, 0) is 10.9 Å². The van der Waals surface area contributed by atoms with E-state index in [4.69, 9.17) is 9.84 Å². The van der Waals surface area contributed by atoms with Gasteiger partial charge in [-0.3, -0.25) is 4.79 Å². The van der Waals surface area contributed by atoms with Gasteiger partial charge < -0.3 is 14.7 Å². The Morgan fingerprint density at radius 3 is 2.48 bits per heavy atom. The summed E-state index contributed by atoms with van der Waals surface area (Å²) in [5, 5.41) is 9.05. The number of carboxylic acids is 1. The van der Waals surface area contributed by atoms with Gasteiger partial charge in [0.25, 0.3) is 5.91 Å². The van der Waals surface area contributed by atoms with Gasteiger partial charge >= 0.3 is 12.1 Å². The third-order valence-electron chi connectivity index (χ3n) is 4.32. The molecule has 0 spiro atoms. The van der Waals surface area contributed by atoms with E-state index in [0.29, 0.717) is 0 Å². The number of carbonyl (C=O) groups excluding carboxylic acids is 1. The van der Waals surface area contributed by atoms with Gasteiger partial charge in [-0.1, -0.05) is 24.3 Å². The Bertz CT molecular complexity index is 866. The summed E-state index contributed by atoms with van der Waals surface area (Å²) in [5.74, 6) is -1.61. The van der Waals surface area contributed by atoms with Crippen molar-refractivity contribution >= 4 is 11.9 Å². The van der Waals surface area contributed by atoms with Crippen molar-refractivity contribution in [1.82, 2.24) is 4.90 Å². The molecule has 8 heteroatoms. The van der Waals surface area contributed by atoms with E-state index in [9.17, 15) is 22.8 Å². The van der Waals surface area contributed by atoms with E-state index < -0.39 is 29.7 Å². The third-order valence-corrected chi connectivity index (χ3v) is 4.32. The molecule has 3 rings (SSSR count). The summed E-state index contributed by atoms with van der Waals surface area (Å²) < 4.78 is 45.2. The first-order valence-electron chi connectivity index (χ1n) is 8.17. The number of carboxylic acid groups (broad SMARTS) is 1. The van der Waals surface area contributed by atoms with Gasteiger partial charge in [-0.25, -0.2) is 4.79 Å². The molecule has 1 atom stereocenters. The summed E-state index contributed by atoms with van der Waals surface area (Å²) in [7, 11) is 0. The number of halogens is 3. The number of nitrogens with zero attached hydrogens (tertiary/aromatic N) is 1. The summed E-state index contributed by atoms with van der Waals surface area (Å²) >= 11 is 0. The van der Waals surface area contributed by atoms with E-state index in [1.807, 2.05) is 0 Å². The fraction of sp³-hybridized carbons (Fsp3) is 0.263. The van der Waals surface area contributed by atoms with Crippen LogP contribution in [0.5, 0.6) is 0 Å². The van der Waals surface area contributed by atoms with Crippen LogP contribution in [0.4, 0.5) is 13.2 Å². The van der Waals surface area contributed by atoms with Gasteiger partial charge in [0.15, 0.2) is 0 Å². The van der Waals surface area contributed by atoms with Gasteiger partial charge in [-0.2, -0.15) is 13.2 Å². The minimum atomic E-state index is -4.53. The average Bonchev–Trinajstić information content (AvgIpc) is 2.67. The van der Waals surface area contributed by atoms with Crippen molar-refractivity contribution in [2.45, 2.75) is 12.3 Å². The second-order valence-corrected chi connectivity index (χ2v) is 6.08. The number of rotatable bonds is 3. The number of benzene rings is 2. The number of morpholine rings is 1. The lowest BCUT2D eigenvalue weighted by Gasteiger charge is -2.34. The number of carbonyl (C=O) groups is 2. The van der Waals surface area contributed by atoms with Crippen LogP contribution in [0.25, 0.3) is 0 Å². The van der Waals surface area contributed by atoms with Crippen LogP contribution >= 0.6 is 0 Å². The molecular formula is C19H16F3NO4. The molecule has 5 nitrogen and oxygen atoms in total. The highest BCUT2D eigenvalue weighted by molar-refractivity contribution is 5.97. The lowest BCUT2D eigenvalue weighted by atomic mass is 10.00. The summed E-state index contributed by atoms with van der Waals surface area (Å²) in [6.45, 7) is 0.241. The molecule has 1 saturated heterocycles. The molecule has 0 bridgehead atoms. The monoisotopic (exact) mass is 379 g/mol. The summed E-state index contributed by atoms with van der Waals surface area (Å²) in [6.07, 6.45) is -5.44. The number of alkyl halides is 3. The highest BCUT2D eigenvalue weighted by atomic mass is 19.4. The molecule has 0 aromatic heterocycles. The molecule has 2 aromatic rings. The van der Waals surface area contributed by atoms with Gasteiger partial charge in [0.05, 0.1) is 24.3 Å². The van der Waals surface area contributed by atoms with Gasteiger partial charge in [-0.15, -0.1) is 0 Å². The molecule has 0 aliphatic carbocycles. The molecule has 0 saturated carbocycles. The van der Waals surface area contributed by atoms with Gasteiger partial charge in [0.2, 0.25) is 0 Å². The van der Waals surface area contributed by atoms with E-state index >= 15 is 0 Å². The minimum Gasteiger partial charge on any atom is -0.478 e. The molecular weight excluding hydrogens is 363 g/mol. The number of hydrogen-bond acceptors (Lipinski definition) is 3. The van der Waals surface area contributed by atoms with Crippen LogP contribution in [-0.4, -0.2) is 41.6 Å². The highest BCUT2D eigenvalue weighted by Gasteiger charge is 2.37. The Morgan fingerprint density at radius 1 is 1.07 bits per heavy atom. The Morgan fingerprint density at radius 2 is 1.78 bits per heavy atom. The first kappa shape index (κ1) is 18.9. The zero-order chi connectivity index (χ0) is 19.6. The number of ether oxygens (including phenoxy) is 1. The quantitative estimate of drug-likeness (QED) is 0.885. The topological polar surface area (TPSA) is 66.8 Å². The maximum Gasteiger partial charge on any atom is 0.416 e. The molecule has 0 radical (unpaired) electrons. The number of aromatic carboxylic acids is 1. The van der Waals surface area contributed by atoms with E-state index in [-0.39, 0.29) is 36.4 Å². The van der Waals surface area contributed by atoms with Crippen LogP contribution in [0.3, 0.4) is 0 Å². The van der Waals surface area contributed by atoms with Crippen LogP contribution in [0.2, 0.25) is 0 Å². The smallest absolute Gasteiger partial charge is 0.416 e. The maximum absolute atomic E-state index is 13.3. The van der Waals surface area contributed by atoms with Crippen molar-refractivity contribution in [1.29, 1.82) is 0 Å². The molecule has 1 aliphatic rings. The number of amides is 1. The summed E-state index contributed by atoms with van der Waals surface area (Å²) in [5.41, 5.74) is -0.688. The molecule has 1 heterocycles. The third kappa shape index (κ3) is 4.11. The number of hydrogen-bond donors (Lipinski definition) is 1. The standard InChI is InChI=1S/C19H16F3NO4/c20-19(21,22)15-7-2-1-6-14(15)16-11-23(8-9-27-16)17(24)12-4-3-5-13(10-12)18(25)26/h1-7,10,16H,8-9,11H2,(H,25,26). The van der Waals surface area contributed by atoms with Gasteiger partial charge in [0, 0.05) is 12.1 Å². The average molecular weight is 379 g/mol. The maximum atomic E-state index is 13.3. The molecule has 1 N–H and O–H groups in total. The molecule has 1 aliphatic heterocycles. The largest absolute Gasteiger partial charge is 0.478 e. The van der Waals surface area contributed by atoms with E-state index in [1.165, 1.54) is 47.4 Å². The first-order valence-corrected chi connectivity index (χ1v) is 8.17. The lowest BCUT2D eigenvalue weighted by Crippen LogP contribution is -2.42. The second kappa shape index (κ2) is 7.40. The molecule has 2 aromatic carbocycles. The van der Waals surface area contributed by atoms with Crippen molar-refractivity contribution in [3.63, 3.8) is 0 Å². The molecule has 27 heavy (non-hydrogen) atoms. The van der Waals surface area contributed by atoms with Crippen molar-refractivity contribution in [2.24, 2.45) is 0 Å². The fourth-order valence-corrected chi connectivity index (χ4v) is 3.03. The Hall–Kier alpha value is -2.87. The second-order valence-electron chi connectivity index (χ2n) is 6.08. The summed E-state index contributed by atoms with van der Waals surface area (Å²) in [4.78, 5) is 25.1. The predicted octanol–water partition coefficient (Wildman–Crippen LogP) is 3.62. The SMILES string of the molecule is O=C(O)c1cccc(C(=O)N2CCOC(c3ccccc3C(F)(F)F)C2)c1. The zero-order valence-corrected chi connectivity index (χ0v) is 14.1. The minimum absolute atomic E-state index is 0.0261. The first-order chi connectivity index (χ1) is 12.8. The molecule has 1 amide bonds. The highest BCUT2D eigenvalue weighted by Crippen LogP contribution is 2.36. The van der Waals surface area contributed by atoms with Gasteiger partial charge in [0.1, 0.15) is 6.10 Å². The van der Waals surface area contributed by atoms with Crippen LogP contribution in [0, 0.1) is 0 Å². The van der Waals surface area contributed by atoms with Crippen LogP contribution < -0.4 is 0 Å². The molecule has 1 unspecified atom stereocenters. The molecule has 1 fully saturated rings.